The van der Waals surface area contributed by atoms with E-state index in [0.717, 1.165) is 31.0 Å². The third kappa shape index (κ3) is 2.59. The zero-order chi connectivity index (χ0) is 14.3. The van der Waals surface area contributed by atoms with E-state index >= 15 is 0 Å². The first-order valence-electron chi connectivity index (χ1n) is 7.51. The van der Waals surface area contributed by atoms with Gasteiger partial charge >= 0.3 is 0 Å². The number of benzene rings is 1. The van der Waals surface area contributed by atoms with Crippen LogP contribution in [0, 0.1) is 17.7 Å². The van der Waals surface area contributed by atoms with Crippen LogP contribution in [0.15, 0.2) is 18.2 Å². The standard InChI is InChI=1S/C16H22ClFN2/c1-10(11-5-6-15(18)14(17)7-11)20-8-12-3-2-4-16(19)13(12)9-20/h5-7,10,12-13,16H,2-4,8-9,19H2,1H3. The highest BCUT2D eigenvalue weighted by molar-refractivity contribution is 6.30. The molecule has 2 nitrogen and oxygen atoms in total. The van der Waals surface area contributed by atoms with Gasteiger partial charge in [0, 0.05) is 25.2 Å². The molecule has 4 unspecified atom stereocenters. The maximum absolute atomic E-state index is 13.3. The van der Waals surface area contributed by atoms with Gasteiger partial charge in [0.25, 0.3) is 0 Å². The van der Waals surface area contributed by atoms with Crippen molar-refractivity contribution >= 4 is 11.6 Å². The van der Waals surface area contributed by atoms with Crippen LogP contribution in [0.2, 0.25) is 5.02 Å². The average Bonchev–Trinajstić information content (AvgIpc) is 2.86. The molecule has 1 aromatic carbocycles. The lowest BCUT2D eigenvalue weighted by molar-refractivity contribution is 0.245. The van der Waals surface area contributed by atoms with Crippen molar-refractivity contribution in [2.75, 3.05) is 13.1 Å². The fraction of sp³-hybridized carbons (Fsp3) is 0.625. The normalized spacial score (nSPS) is 32.1. The number of halogens is 2. The number of fused-ring (bicyclic) bond motifs is 1. The monoisotopic (exact) mass is 296 g/mol. The fourth-order valence-electron chi connectivity index (χ4n) is 3.85. The Kier molecular flexibility index (Phi) is 4.02. The van der Waals surface area contributed by atoms with Crippen molar-refractivity contribution in [1.29, 1.82) is 0 Å². The molecule has 1 saturated heterocycles. The lowest BCUT2D eigenvalue weighted by Crippen LogP contribution is -2.38. The van der Waals surface area contributed by atoms with Gasteiger partial charge in [-0.05, 0) is 49.3 Å². The summed E-state index contributed by atoms with van der Waals surface area (Å²) < 4.78 is 13.3. The molecule has 20 heavy (non-hydrogen) atoms. The first kappa shape index (κ1) is 14.3. The second-order valence-corrected chi connectivity index (χ2v) is 6.73. The molecule has 0 spiro atoms. The van der Waals surface area contributed by atoms with Crippen LogP contribution >= 0.6 is 11.6 Å². The van der Waals surface area contributed by atoms with Gasteiger partial charge in [0.15, 0.2) is 0 Å². The Balaban J connectivity index is 1.74. The predicted molar refractivity (Wildman–Crippen MR) is 80.2 cm³/mol. The molecule has 0 bridgehead atoms. The Morgan fingerprint density at radius 1 is 1.35 bits per heavy atom. The smallest absolute Gasteiger partial charge is 0.141 e. The van der Waals surface area contributed by atoms with Crippen molar-refractivity contribution in [2.45, 2.75) is 38.3 Å². The van der Waals surface area contributed by atoms with E-state index in [-0.39, 0.29) is 16.9 Å². The topological polar surface area (TPSA) is 29.3 Å². The molecule has 2 fully saturated rings. The van der Waals surface area contributed by atoms with Gasteiger partial charge in [-0.25, -0.2) is 4.39 Å². The first-order valence-corrected chi connectivity index (χ1v) is 7.88. The average molecular weight is 297 g/mol. The minimum Gasteiger partial charge on any atom is -0.327 e. The molecular weight excluding hydrogens is 275 g/mol. The molecular formula is C16H22ClFN2. The molecule has 2 N–H and O–H groups in total. The number of nitrogens with two attached hydrogens (primary N) is 1. The van der Waals surface area contributed by atoms with Crippen LogP contribution in [0.3, 0.4) is 0 Å². The van der Waals surface area contributed by atoms with Gasteiger partial charge in [0.2, 0.25) is 0 Å². The summed E-state index contributed by atoms with van der Waals surface area (Å²) in [5, 5.41) is 0.211. The van der Waals surface area contributed by atoms with Crippen LogP contribution in [-0.4, -0.2) is 24.0 Å². The maximum atomic E-state index is 13.3. The van der Waals surface area contributed by atoms with E-state index < -0.39 is 0 Å². The van der Waals surface area contributed by atoms with Crippen LogP contribution < -0.4 is 5.73 Å². The summed E-state index contributed by atoms with van der Waals surface area (Å²) in [4.78, 5) is 2.48. The van der Waals surface area contributed by atoms with Crippen LogP contribution in [0.25, 0.3) is 0 Å². The van der Waals surface area contributed by atoms with Gasteiger partial charge in [-0.2, -0.15) is 0 Å². The quantitative estimate of drug-likeness (QED) is 0.903. The molecule has 1 aliphatic carbocycles. The third-order valence-electron chi connectivity index (χ3n) is 5.16. The summed E-state index contributed by atoms with van der Waals surface area (Å²) in [7, 11) is 0. The van der Waals surface area contributed by atoms with E-state index in [9.17, 15) is 4.39 Å². The van der Waals surface area contributed by atoms with Gasteiger partial charge < -0.3 is 5.73 Å². The Bertz CT molecular complexity index is 493. The van der Waals surface area contributed by atoms with Gasteiger partial charge in [0.1, 0.15) is 5.82 Å². The Labute approximate surface area is 125 Å². The van der Waals surface area contributed by atoms with Gasteiger partial charge in [-0.1, -0.05) is 24.1 Å². The summed E-state index contributed by atoms with van der Waals surface area (Å²) in [6.07, 6.45) is 3.71. The van der Waals surface area contributed by atoms with E-state index in [1.807, 2.05) is 6.07 Å². The number of nitrogens with zero attached hydrogens (tertiary/aromatic N) is 1. The van der Waals surface area contributed by atoms with Gasteiger partial charge in [-0.3, -0.25) is 4.90 Å². The lowest BCUT2D eigenvalue weighted by atomic mass is 9.78. The van der Waals surface area contributed by atoms with Crippen molar-refractivity contribution < 1.29 is 4.39 Å². The van der Waals surface area contributed by atoms with Crippen molar-refractivity contribution in [2.24, 2.45) is 17.6 Å². The number of rotatable bonds is 2. The number of hydrogen-bond donors (Lipinski definition) is 1. The Morgan fingerprint density at radius 2 is 2.15 bits per heavy atom. The SMILES string of the molecule is CC(c1ccc(F)c(Cl)c1)N1CC2CCCC(N)C2C1. The molecule has 0 aromatic heterocycles. The molecule has 0 radical (unpaired) electrons. The van der Waals surface area contributed by atoms with Gasteiger partial charge in [-0.15, -0.1) is 0 Å². The largest absolute Gasteiger partial charge is 0.327 e. The molecule has 1 aromatic rings. The maximum Gasteiger partial charge on any atom is 0.141 e. The van der Waals surface area contributed by atoms with Crippen LogP contribution in [0.4, 0.5) is 4.39 Å². The van der Waals surface area contributed by atoms with Crippen molar-refractivity contribution in [3.63, 3.8) is 0 Å². The van der Waals surface area contributed by atoms with Crippen LogP contribution in [0.1, 0.15) is 37.8 Å². The second-order valence-electron chi connectivity index (χ2n) is 6.32. The molecule has 3 rings (SSSR count). The summed E-state index contributed by atoms with van der Waals surface area (Å²) in [6, 6.07) is 5.67. The summed E-state index contributed by atoms with van der Waals surface area (Å²) in [5.41, 5.74) is 7.35. The van der Waals surface area contributed by atoms with E-state index in [0.29, 0.717) is 12.0 Å². The molecule has 1 heterocycles. The minimum absolute atomic E-state index is 0.211. The van der Waals surface area contributed by atoms with Crippen molar-refractivity contribution in [3.8, 4) is 0 Å². The Hall–Kier alpha value is -0.640. The molecule has 1 saturated carbocycles. The highest BCUT2D eigenvalue weighted by Crippen LogP contribution is 2.39. The predicted octanol–water partition coefficient (Wildman–Crippen LogP) is 3.60. The number of likely N-dealkylation sites (tertiary alicyclic amines) is 1. The fourth-order valence-corrected chi connectivity index (χ4v) is 4.04. The molecule has 4 atom stereocenters. The number of hydrogen-bond acceptors (Lipinski definition) is 2. The van der Waals surface area contributed by atoms with Gasteiger partial charge in [0.05, 0.1) is 5.02 Å². The molecule has 0 amide bonds. The van der Waals surface area contributed by atoms with E-state index in [1.165, 1.54) is 18.9 Å². The molecule has 4 heteroatoms. The zero-order valence-electron chi connectivity index (χ0n) is 11.9. The zero-order valence-corrected chi connectivity index (χ0v) is 12.6. The van der Waals surface area contributed by atoms with Crippen molar-refractivity contribution in [1.82, 2.24) is 4.90 Å². The summed E-state index contributed by atoms with van der Waals surface area (Å²) in [6.45, 7) is 4.34. The Morgan fingerprint density at radius 3 is 2.85 bits per heavy atom. The molecule has 110 valence electrons. The second kappa shape index (κ2) is 5.63. The minimum atomic E-state index is -0.347. The molecule has 2 aliphatic rings. The van der Waals surface area contributed by atoms with E-state index in [1.54, 1.807) is 6.07 Å². The highest BCUT2D eigenvalue weighted by Gasteiger charge is 2.40. The lowest BCUT2D eigenvalue weighted by Gasteiger charge is -2.30. The summed E-state index contributed by atoms with van der Waals surface area (Å²) >= 11 is 5.90. The third-order valence-corrected chi connectivity index (χ3v) is 5.45. The van der Waals surface area contributed by atoms with E-state index in [4.69, 9.17) is 17.3 Å². The molecule has 1 aliphatic heterocycles. The van der Waals surface area contributed by atoms with Crippen LogP contribution in [-0.2, 0) is 0 Å². The van der Waals surface area contributed by atoms with Crippen molar-refractivity contribution in [3.05, 3.63) is 34.6 Å². The highest BCUT2D eigenvalue weighted by atomic mass is 35.5. The van der Waals surface area contributed by atoms with Crippen LogP contribution in [0.5, 0.6) is 0 Å². The summed E-state index contributed by atoms with van der Waals surface area (Å²) in [5.74, 6) is 1.01. The first-order chi connectivity index (χ1) is 9.56. The van der Waals surface area contributed by atoms with E-state index in [2.05, 4.69) is 11.8 Å².